The van der Waals surface area contributed by atoms with Crippen LogP contribution in [0.1, 0.15) is 48.5 Å². The van der Waals surface area contributed by atoms with Crippen molar-refractivity contribution in [3.63, 3.8) is 0 Å². The van der Waals surface area contributed by atoms with Crippen LogP contribution in [0.2, 0.25) is 0 Å². The van der Waals surface area contributed by atoms with Crippen molar-refractivity contribution >= 4 is 27.7 Å². The molecule has 0 amide bonds. The number of carbonyl (C=O) groups is 3. The number of methoxy groups -OCH3 is 1. The van der Waals surface area contributed by atoms with Crippen LogP contribution in [0.25, 0.3) is 0 Å². The van der Waals surface area contributed by atoms with Crippen LogP contribution in [-0.4, -0.2) is 124 Å². The number of fused-ring (bicyclic) bond motifs is 1. The van der Waals surface area contributed by atoms with Gasteiger partial charge in [0.05, 0.1) is 18.1 Å². The second kappa shape index (κ2) is 12.2. The summed E-state index contributed by atoms with van der Waals surface area (Å²) in [4.78, 5) is 35.8. The van der Waals surface area contributed by atoms with E-state index < -0.39 is 112 Å². The van der Waals surface area contributed by atoms with E-state index in [2.05, 4.69) is 0 Å². The highest BCUT2D eigenvalue weighted by molar-refractivity contribution is 7.91. The highest BCUT2D eigenvalue weighted by atomic mass is 32.2. The SMILES string of the molecule is CO[C@H]1O[C@H](CS(=O)(=O)C[C@H]2O[C@H]([C@H]3COC(C)(C)O3)[C@@H]3OC(C)(C)O[C@@H]32)[C@@H](OC(C)=O)[C@H](OC(C)=O)[C@H]1OC(C)=O. The van der Waals surface area contributed by atoms with Crippen molar-refractivity contribution < 1.29 is 70.2 Å². The molecular weight excluding hydrogens is 584 g/mol. The average molecular weight is 625 g/mol. The van der Waals surface area contributed by atoms with Crippen LogP contribution in [0.4, 0.5) is 0 Å². The monoisotopic (exact) mass is 624 g/mol. The molecule has 4 heterocycles. The molecule has 240 valence electrons. The first-order valence-corrected chi connectivity index (χ1v) is 15.5. The Morgan fingerprint density at radius 2 is 1.26 bits per heavy atom. The van der Waals surface area contributed by atoms with E-state index in [9.17, 15) is 22.8 Å². The van der Waals surface area contributed by atoms with E-state index in [0.717, 1.165) is 20.8 Å². The molecule has 0 spiro atoms. The van der Waals surface area contributed by atoms with E-state index in [4.69, 9.17) is 47.4 Å². The standard InChI is InChI=1S/C26H40O15S/c1-12(27)34-19-16(38-24(32-8)23(36-14(3)29)21(19)35-13(2)28)10-42(30,31)11-17-20-22(41-26(6,7)40-20)18(37-17)15-9-33-25(4,5)39-15/h15-24H,9-11H2,1-8H3/t15-,16-,17-,18-,19-,20-,21+,22+,23-,24+/m1/s1. The van der Waals surface area contributed by atoms with Crippen LogP contribution in [-0.2, 0) is 71.6 Å². The summed E-state index contributed by atoms with van der Waals surface area (Å²) in [6, 6.07) is 0. The van der Waals surface area contributed by atoms with E-state index in [1.165, 1.54) is 7.11 Å². The van der Waals surface area contributed by atoms with Gasteiger partial charge in [-0.3, -0.25) is 14.4 Å². The molecule has 10 atom stereocenters. The summed E-state index contributed by atoms with van der Waals surface area (Å²) in [5.41, 5.74) is 0. The topological polar surface area (TPSA) is 178 Å². The minimum absolute atomic E-state index is 0.226. The normalized spacial score (nSPS) is 39.0. The Kier molecular flexibility index (Phi) is 9.60. The van der Waals surface area contributed by atoms with Gasteiger partial charge < -0.3 is 47.4 Å². The van der Waals surface area contributed by atoms with Crippen LogP contribution in [0, 0.1) is 0 Å². The number of ether oxygens (including phenoxy) is 10. The van der Waals surface area contributed by atoms with Crippen molar-refractivity contribution in [2.24, 2.45) is 0 Å². The summed E-state index contributed by atoms with van der Waals surface area (Å²) >= 11 is 0. The van der Waals surface area contributed by atoms with Crippen LogP contribution in [0.5, 0.6) is 0 Å². The lowest BCUT2D eigenvalue weighted by Gasteiger charge is -2.43. The number of carbonyl (C=O) groups excluding carboxylic acids is 3. The van der Waals surface area contributed by atoms with Gasteiger partial charge in [0.1, 0.15) is 36.6 Å². The Hall–Kier alpha value is -1.92. The lowest BCUT2D eigenvalue weighted by atomic mass is 9.98. The van der Waals surface area contributed by atoms with Crippen molar-refractivity contribution in [3.05, 3.63) is 0 Å². The zero-order chi connectivity index (χ0) is 31.2. The molecule has 4 aliphatic rings. The van der Waals surface area contributed by atoms with Crippen molar-refractivity contribution in [3.8, 4) is 0 Å². The third-order valence-electron chi connectivity index (χ3n) is 7.15. The summed E-state index contributed by atoms with van der Waals surface area (Å²) in [5.74, 6) is -5.35. The summed E-state index contributed by atoms with van der Waals surface area (Å²) in [6.07, 6.45) is -10.4. The Morgan fingerprint density at radius 1 is 0.714 bits per heavy atom. The molecule has 4 aliphatic heterocycles. The number of esters is 3. The predicted molar refractivity (Wildman–Crippen MR) is 138 cm³/mol. The molecule has 0 aromatic rings. The fraction of sp³-hybridized carbons (Fsp3) is 0.885. The van der Waals surface area contributed by atoms with Crippen LogP contribution in [0.15, 0.2) is 0 Å². The summed E-state index contributed by atoms with van der Waals surface area (Å²) < 4.78 is 84.4. The summed E-state index contributed by atoms with van der Waals surface area (Å²) in [7, 11) is -2.81. The molecule has 4 fully saturated rings. The quantitative estimate of drug-likeness (QED) is 0.247. The predicted octanol–water partition coefficient (Wildman–Crippen LogP) is 0.00660. The number of hydrogen-bond acceptors (Lipinski definition) is 15. The Morgan fingerprint density at radius 3 is 1.81 bits per heavy atom. The second-order valence-electron chi connectivity index (χ2n) is 11.6. The van der Waals surface area contributed by atoms with E-state index in [1.54, 1.807) is 27.7 Å². The third-order valence-corrected chi connectivity index (χ3v) is 8.82. The van der Waals surface area contributed by atoms with Crippen LogP contribution < -0.4 is 0 Å². The second-order valence-corrected chi connectivity index (χ2v) is 13.8. The highest BCUT2D eigenvalue weighted by Crippen LogP contribution is 2.43. The lowest BCUT2D eigenvalue weighted by molar-refractivity contribution is -0.294. The molecule has 16 heteroatoms. The maximum absolute atomic E-state index is 13.7. The molecule has 4 rings (SSSR count). The largest absolute Gasteiger partial charge is 0.456 e. The Bertz CT molecular complexity index is 1140. The molecule has 0 saturated carbocycles. The number of rotatable bonds is 9. The first-order chi connectivity index (χ1) is 19.4. The van der Waals surface area contributed by atoms with Gasteiger partial charge in [-0.2, -0.15) is 0 Å². The first-order valence-electron chi connectivity index (χ1n) is 13.6. The number of hydrogen-bond donors (Lipinski definition) is 0. The smallest absolute Gasteiger partial charge is 0.303 e. The van der Waals surface area contributed by atoms with Crippen molar-refractivity contribution in [2.75, 3.05) is 25.2 Å². The minimum atomic E-state index is -4.06. The van der Waals surface area contributed by atoms with E-state index in [-0.39, 0.29) is 6.61 Å². The van der Waals surface area contributed by atoms with Gasteiger partial charge in [0.15, 0.2) is 46.0 Å². The van der Waals surface area contributed by atoms with Crippen molar-refractivity contribution in [1.29, 1.82) is 0 Å². The van der Waals surface area contributed by atoms with Crippen LogP contribution in [0.3, 0.4) is 0 Å². The third kappa shape index (κ3) is 7.59. The van der Waals surface area contributed by atoms with E-state index >= 15 is 0 Å². The first kappa shape index (κ1) is 33.0. The van der Waals surface area contributed by atoms with E-state index in [0.29, 0.717) is 0 Å². The van der Waals surface area contributed by atoms with Gasteiger partial charge in [0.2, 0.25) is 0 Å². The fourth-order valence-electron chi connectivity index (χ4n) is 5.77. The van der Waals surface area contributed by atoms with Gasteiger partial charge in [-0.25, -0.2) is 8.42 Å². The zero-order valence-electron chi connectivity index (χ0n) is 24.9. The summed E-state index contributed by atoms with van der Waals surface area (Å²) in [5, 5.41) is 0. The average Bonchev–Trinajstić information content (AvgIpc) is 3.46. The van der Waals surface area contributed by atoms with Gasteiger partial charge in [-0.15, -0.1) is 0 Å². The van der Waals surface area contributed by atoms with Gasteiger partial charge in [-0.05, 0) is 27.7 Å². The molecule has 15 nitrogen and oxygen atoms in total. The Labute approximate surface area is 244 Å². The van der Waals surface area contributed by atoms with Crippen molar-refractivity contribution in [2.45, 2.75) is 121 Å². The van der Waals surface area contributed by atoms with E-state index in [1.807, 2.05) is 0 Å². The van der Waals surface area contributed by atoms with Gasteiger partial charge in [-0.1, -0.05) is 0 Å². The number of sulfone groups is 1. The molecule has 0 aromatic carbocycles. The molecule has 0 unspecified atom stereocenters. The Balaban J connectivity index is 1.56. The zero-order valence-corrected chi connectivity index (χ0v) is 25.7. The molecule has 0 radical (unpaired) electrons. The molecule has 0 aliphatic carbocycles. The van der Waals surface area contributed by atoms with Gasteiger partial charge in [0.25, 0.3) is 0 Å². The molecular formula is C26H40O15S. The molecule has 4 saturated heterocycles. The maximum Gasteiger partial charge on any atom is 0.303 e. The fourth-order valence-corrected chi connectivity index (χ4v) is 7.45. The molecule has 0 bridgehead atoms. The lowest BCUT2D eigenvalue weighted by Crippen LogP contribution is -2.63. The van der Waals surface area contributed by atoms with Gasteiger partial charge in [0, 0.05) is 27.9 Å². The van der Waals surface area contributed by atoms with Crippen molar-refractivity contribution in [1.82, 2.24) is 0 Å². The molecule has 42 heavy (non-hydrogen) atoms. The van der Waals surface area contributed by atoms with Gasteiger partial charge >= 0.3 is 17.9 Å². The highest BCUT2D eigenvalue weighted by Gasteiger charge is 2.60. The molecule has 0 aromatic heterocycles. The summed E-state index contributed by atoms with van der Waals surface area (Å²) in [6.45, 7) is 10.5. The maximum atomic E-state index is 13.7. The minimum Gasteiger partial charge on any atom is -0.456 e. The van der Waals surface area contributed by atoms with Crippen LogP contribution >= 0.6 is 0 Å². The molecule has 0 N–H and O–H groups in total.